The Morgan fingerprint density at radius 3 is 2.31 bits per heavy atom. The first kappa shape index (κ1) is 24.5. The molecule has 0 bridgehead atoms. The molecule has 0 aliphatic carbocycles. The zero-order valence-corrected chi connectivity index (χ0v) is 20.9. The van der Waals surface area contributed by atoms with Gasteiger partial charge in [0.05, 0.1) is 5.69 Å². The van der Waals surface area contributed by atoms with Crippen LogP contribution in [0.3, 0.4) is 0 Å². The molecule has 7 nitrogen and oxygen atoms in total. The fourth-order valence-electron chi connectivity index (χ4n) is 3.37. The summed E-state index contributed by atoms with van der Waals surface area (Å²) in [5.74, 6) is -0.231. The first-order chi connectivity index (χ1) is 16.8. The Bertz CT molecular complexity index is 1320. The fraction of sp³-hybridized carbons (Fsp3) is 0.115. The van der Waals surface area contributed by atoms with E-state index < -0.39 is 17.8 Å². The van der Waals surface area contributed by atoms with Gasteiger partial charge < -0.3 is 9.47 Å². The van der Waals surface area contributed by atoms with Crippen LogP contribution in [0.25, 0.3) is 6.08 Å². The topological polar surface area (TPSA) is 84.9 Å². The highest BCUT2D eigenvalue weighted by Gasteiger charge is 2.36. The summed E-state index contributed by atoms with van der Waals surface area (Å²) in [6.07, 6.45) is 1.43. The molecule has 0 radical (unpaired) electrons. The highest BCUT2D eigenvalue weighted by atomic mass is 79.9. The molecule has 1 aliphatic heterocycles. The number of hydrogen-bond donors (Lipinski definition) is 1. The van der Waals surface area contributed by atoms with E-state index in [0.717, 1.165) is 14.9 Å². The summed E-state index contributed by atoms with van der Waals surface area (Å²) in [5, 5.41) is 2.89. The molecule has 0 atom stereocenters. The van der Waals surface area contributed by atoms with Crippen molar-refractivity contribution in [3.05, 3.63) is 92.9 Å². The summed E-state index contributed by atoms with van der Waals surface area (Å²) in [6.45, 7) is 2.50. The number of nitrogens with zero attached hydrogens (tertiary/aromatic N) is 1. The van der Waals surface area contributed by atoms with Crippen molar-refractivity contribution in [2.24, 2.45) is 0 Å². The zero-order chi connectivity index (χ0) is 24.9. The van der Waals surface area contributed by atoms with E-state index in [1.165, 1.54) is 6.08 Å². The van der Waals surface area contributed by atoms with E-state index in [1.807, 2.05) is 13.0 Å². The highest BCUT2D eigenvalue weighted by molar-refractivity contribution is 9.10. The van der Waals surface area contributed by atoms with Gasteiger partial charge in [-0.1, -0.05) is 39.7 Å². The van der Waals surface area contributed by atoms with Gasteiger partial charge in [0, 0.05) is 9.50 Å². The van der Waals surface area contributed by atoms with Crippen LogP contribution < -0.4 is 19.7 Å². The Labute approximate surface area is 215 Å². The van der Waals surface area contributed by atoms with Gasteiger partial charge >= 0.3 is 6.03 Å². The van der Waals surface area contributed by atoms with Gasteiger partial charge in [0.15, 0.2) is 0 Å². The van der Waals surface area contributed by atoms with E-state index in [0.29, 0.717) is 34.4 Å². The van der Waals surface area contributed by atoms with Gasteiger partial charge in [0.1, 0.15) is 30.3 Å². The minimum absolute atomic E-state index is 0.161. The number of benzene rings is 3. The molecule has 3 aromatic carbocycles. The van der Waals surface area contributed by atoms with E-state index in [4.69, 9.17) is 21.1 Å². The van der Waals surface area contributed by atoms with Crippen molar-refractivity contribution >= 4 is 57.1 Å². The van der Waals surface area contributed by atoms with Crippen LogP contribution >= 0.6 is 27.5 Å². The number of rotatable bonds is 7. The van der Waals surface area contributed by atoms with E-state index >= 15 is 0 Å². The van der Waals surface area contributed by atoms with Gasteiger partial charge in [-0.2, -0.15) is 0 Å². The molecular formula is C26H20BrClN2O5. The minimum atomic E-state index is -0.799. The predicted molar refractivity (Wildman–Crippen MR) is 137 cm³/mol. The molecule has 1 aliphatic rings. The van der Waals surface area contributed by atoms with Gasteiger partial charge in [-0.05, 0) is 78.7 Å². The van der Waals surface area contributed by atoms with E-state index in [9.17, 15) is 14.4 Å². The van der Waals surface area contributed by atoms with Gasteiger partial charge in [0.25, 0.3) is 11.8 Å². The molecule has 0 unspecified atom stereocenters. The third kappa shape index (κ3) is 5.90. The molecule has 0 spiro atoms. The lowest BCUT2D eigenvalue weighted by Gasteiger charge is -2.26. The third-order valence-corrected chi connectivity index (χ3v) is 6.06. The maximum absolute atomic E-state index is 13.0. The van der Waals surface area contributed by atoms with Crippen LogP contribution in [0.15, 0.2) is 76.8 Å². The van der Waals surface area contributed by atoms with Gasteiger partial charge in [-0.15, -0.1) is 0 Å². The van der Waals surface area contributed by atoms with Crippen LogP contribution in [0, 0.1) is 6.92 Å². The summed E-state index contributed by atoms with van der Waals surface area (Å²) in [4.78, 5) is 38.7. The van der Waals surface area contributed by atoms with Crippen LogP contribution in [-0.2, 0) is 9.59 Å². The maximum atomic E-state index is 13.0. The SMILES string of the molecule is Cc1cc(OCCOc2cccc(C=C3C(=O)NC(=O)N(c4ccc(Br)cc4)C3=O)c2)ccc1Cl. The van der Waals surface area contributed by atoms with Gasteiger partial charge in [-0.25, -0.2) is 9.69 Å². The Kier molecular flexibility index (Phi) is 7.53. The number of anilines is 1. The molecule has 0 aromatic heterocycles. The number of barbiturate groups is 1. The van der Waals surface area contributed by atoms with Crippen molar-refractivity contribution in [1.29, 1.82) is 0 Å². The molecule has 1 saturated heterocycles. The molecule has 1 fully saturated rings. The number of urea groups is 1. The summed E-state index contributed by atoms with van der Waals surface area (Å²) < 4.78 is 12.2. The molecule has 9 heteroatoms. The maximum Gasteiger partial charge on any atom is 0.335 e. The average molecular weight is 556 g/mol. The molecule has 4 rings (SSSR count). The van der Waals surface area contributed by atoms with Crippen LogP contribution in [0.1, 0.15) is 11.1 Å². The lowest BCUT2D eigenvalue weighted by Crippen LogP contribution is -2.54. The van der Waals surface area contributed by atoms with Crippen molar-refractivity contribution in [3.63, 3.8) is 0 Å². The Morgan fingerprint density at radius 2 is 1.63 bits per heavy atom. The van der Waals surface area contributed by atoms with Crippen LogP contribution in [0.4, 0.5) is 10.5 Å². The first-order valence-corrected chi connectivity index (χ1v) is 11.8. The van der Waals surface area contributed by atoms with Gasteiger partial charge in [-0.3, -0.25) is 14.9 Å². The normalized spacial score (nSPS) is 14.8. The highest BCUT2D eigenvalue weighted by Crippen LogP contribution is 2.25. The van der Waals surface area contributed by atoms with Crippen molar-refractivity contribution in [2.75, 3.05) is 18.1 Å². The number of ether oxygens (including phenoxy) is 2. The van der Waals surface area contributed by atoms with E-state index in [1.54, 1.807) is 60.7 Å². The van der Waals surface area contributed by atoms with Crippen LogP contribution in [-0.4, -0.2) is 31.1 Å². The molecule has 35 heavy (non-hydrogen) atoms. The molecule has 0 saturated carbocycles. The predicted octanol–water partition coefficient (Wildman–Crippen LogP) is 5.54. The Hall–Kier alpha value is -3.62. The Morgan fingerprint density at radius 1 is 0.943 bits per heavy atom. The number of amides is 4. The number of hydrogen-bond acceptors (Lipinski definition) is 5. The van der Waals surface area contributed by atoms with E-state index in [-0.39, 0.29) is 12.2 Å². The largest absolute Gasteiger partial charge is 0.490 e. The number of carbonyl (C=O) groups excluding carboxylic acids is 3. The standard InChI is InChI=1S/C26H20BrClN2O5/c1-16-13-21(9-10-23(16)28)35-12-11-34-20-4-2-3-17(14-20)15-22-24(31)29-26(33)30(25(22)32)19-7-5-18(27)6-8-19/h2-10,13-15H,11-12H2,1H3,(H,29,31,33). The second-order valence-corrected chi connectivity index (χ2v) is 8.94. The fourth-order valence-corrected chi connectivity index (χ4v) is 3.75. The Balaban J connectivity index is 1.44. The summed E-state index contributed by atoms with van der Waals surface area (Å²) in [6, 6.07) is 18.2. The minimum Gasteiger partial charge on any atom is -0.490 e. The van der Waals surface area contributed by atoms with Crippen LogP contribution in [0.2, 0.25) is 5.02 Å². The van der Waals surface area contributed by atoms with Crippen molar-refractivity contribution in [1.82, 2.24) is 5.32 Å². The average Bonchev–Trinajstić information content (AvgIpc) is 2.83. The summed E-state index contributed by atoms with van der Waals surface area (Å²) in [7, 11) is 0. The number of halogens is 2. The van der Waals surface area contributed by atoms with Crippen LogP contribution in [0.5, 0.6) is 11.5 Å². The lowest BCUT2D eigenvalue weighted by molar-refractivity contribution is -0.122. The molecule has 178 valence electrons. The molecular weight excluding hydrogens is 536 g/mol. The number of imide groups is 2. The second kappa shape index (κ2) is 10.8. The monoisotopic (exact) mass is 554 g/mol. The molecule has 1 N–H and O–H groups in total. The number of nitrogens with one attached hydrogen (secondary N) is 1. The first-order valence-electron chi connectivity index (χ1n) is 10.6. The lowest BCUT2D eigenvalue weighted by atomic mass is 10.1. The third-order valence-electron chi connectivity index (χ3n) is 5.11. The quantitative estimate of drug-likeness (QED) is 0.235. The number of aryl methyl sites for hydroxylation is 1. The zero-order valence-electron chi connectivity index (χ0n) is 18.6. The van der Waals surface area contributed by atoms with Crippen molar-refractivity contribution < 1.29 is 23.9 Å². The van der Waals surface area contributed by atoms with Gasteiger partial charge in [0.2, 0.25) is 0 Å². The van der Waals surface area contributed by atoms with Crippen molar-refractivity contribution in [3.8, 4) is 11.5 Å². The smallest absolute Gasteiger partial charge is 0.335 e. The summed E-state index contributed by atoms with van der Waals surface area (Å²) in [5.41, 5.74) is 1.68. The second-order valence-electron chi connectivity index (χ2n) is 7.61. The number of carbonyl (C=O) groups is 3. The summed E-state index contributed by atoms with van der Waals surface area (Å²) >= 11 is 9.34. The molecule has 4 amide bonds. The van der Waals surface area contributed by atoms with E-state index in [2.05, 4.69) is 21.2 Å². The van der Waals surface area contributed by atoms with Crippen molar-refractivity contribution in [2.45, 2.75) is 6.92 Å². The molecule has 1 heterocycles. The molecule has 3 aromatic rings.